The third kappa shape index (κ3) is 2.46. The van der Waals surface area contributed by atoms with E-state index in [0.29, 0.717) is 44.9 Å². The van der Waals surface area contributed by atoms with E-state index in [9.17, 15) is 14.7 Å². The van der Waals surface area contributed by atoms with E-state index < -0.39 is 11.8 Å². The number of nitrogens with two attached hydrogens (primary N) is 1. The zero-order chi connectivity index (χ0) is 20.3. The highest BCUT2D eigenvalue weighted by atomic mass is 35.5. The highest BCUT2D eigenvalue weighted by Gasteiger charge is 2.34. The summed E-state index contributed by atoms with van der Waals surface area (Å²) in [6.45, 7) is 0.257. The number of nitrogens with one attached hydrogen (secondary N) is 1. The van der Waals surface area contributed by atoms with Crippen LogP contribution in [0.5, 0.6) is 0 Å². The third-order valence-corrected chi connectivity index (χ3v) is 5.68. The molecule has 0 unspecified atom stereocenters. The van der Waals surface area contributed by atoms with Gasteiger partial charge in [0.1, 0.15) is 0 Å². The van der Waals surface area contributed by atoms with E-state index in [1.807, 2.05) is 28.8 Å². The molecule has 0 saturated carbocycles. The fourth-order valence-electron chi connectivity index (χ4n) is 4.20. The van der Waals surface area contributed by atoms with E-state index in [-0.39, 0.29) is 6.61 Å². The first-order valence-corrected chi connectivity index (χ1v) is 9.49. The predicted octanol–water partition coefficient (Wildman–Crippen LogP) is 3.57. The summed E-state index contributed by atoms with van der Waals surface area (Å²) in [6, 6.07) is 14.5. The SMILES string of the molecule is Nc1ccc2c(c1)c1c3c(c(-c4ccccc4Cl)cc1n2CCO)C(=O)NC3=O. The molecule has 0 spiro atoms. The maximum absolute atomic E-state index is 12.8. The van der Waals surface area contributed by atoms with Crippen LogP contribution in [0.15, 0.2) is 48.5 Å². The molecule has 0 bridgehead atoms. The summed E-state index contributed by atoms with van der Waals surface area (Å²) in [6.07, 6.45) is 0. The number of aliphatic hydroxyl groups is 1. The zero-order valence-electron chi connectivity index (χ0n) is 15.2. The summed E-state index contributed by atoms with van der Waals surface area (Å²) in [5.74, 6) is -0.900. The van der Waals surface area contributed by atoms with Crippen LogP contribution in [0, 0.1) is 0 Å². The van der Waals surface area contributed by atoms with Crippen molar-refractivity contribution in [3.8, 4) is 11.1 Å². The van der Waals surface area contributed by atoms with Gasteiger partial charge in [-0.2, -0.15) is 0 Å². The van der Waals surface area contributed by atoms with Crippen LogP contribution in [0.3, 0.4) is 0 Å². The van der Waals surface area contributed by atoms with Gasteiger partial charge in [0.15, 0.2) is 0 Å². The number of halogens is 1. The Balaban J connectivity index is 2.02. The Labute approximate surface area is 170 Å². The molecule has 0 atom stereocenters. The lowest BCUT2D eigenvalue weighted by molar-refractivity contribution is 0.0880. The first-order valence-electron chi connectivity index (χ1n) is 9.11. The molecule has 0 aliphatic carbocycles. The van der Waals surface area contributed by atoms with Crippen molar-refractivity contribution in [3.63, 3.8) is 0 Å². The van der Waals surface area contributed by atoms with Gasteiger partial charge in [-0.05, 0) is 35.9 Å². The number of fused-ring (bicyclic) bond motifs is 5. The standard InChI is InChI=1S/C22H16ClN3O3/c23-15-4-2-1-3-12(15)13-10-17-18(20-19(13)21(28)25-22(20)29)14-9-11(24)5-6-16(14)26(17)7-8-27/h1-6,9-10,27H,7-8,24H2,(H,25,28,29). The van der Waals surface area contributed by atoms with Gasteiger partial charge >= 0.3 is 0 Å². The lowest BCUT2D eigenvalue weighted by Crippen LogP contribution is -2.20. The molecule has 4 N–H and O–H groups in total. The van der Waals surface area contributed by atoms with Gasteiger partial charge in [-0.15, -0.1) is 0 Å². The molecule has 144 valence electrons. The normalized spacial score (nSPS) is 13.3. The average Bonchev–Trinajstić information content (AvgIpc) is 3.16. The van der Waals surface area contributed by atoms with E-state index in [1.54, 1.807) is 24.3 Å². The van der Waals surface area contributed by atoms with Crippen LogP contribution in [-0.2, 0) is 6.54 Å². The second kappa shape index (κ2) is 6.34. The van der Waals surface area contributed by atoms with E-state index in [4.69, 9.17) is 17.3 Å². The fourth-order valence-corrected chi connectivity index (χ4v) is 4.43. The summed E-state index contributed by atoms with van der Waals surface area (Å²) < 4.78 is 1.93. The molecule has 1 aliphatic heterocycles. The molecule has 7 heteroatoms. The van der Waals surface area contributed by atoms with Crippen LogP contribution >= 0.6 is 11.6 Å². The number of aromatic nitrogens is 1. The number of benzene rings is 3. The highest BCUT2D eigenvalue weighted by molar-refractivity contribution is 6.36. The molecule has 1 aromatic heterocycles. The molecule has 0 saturated heterocycles. The topological polar surface area (TPSA) is 97.3 Å². The van der Waals surface area contributed by atoms with E-state index in [0.717, 1.165) is 16.4 Å². The van der Waals surface area contributed by atoms with E-state index in [2.05, 4.69) is 5.32 Å². The van der Waals surface area contributed by atoms with Crippen LogP contribution in [0.25, 0.3) is 32.9 Å². The number of aliphatic hydroxyl groups excluding tert-OH is 1. The largest absolute Gasteiger partial charge is 0.399 e. The molecule has 0 radical (unpaired) electrons. The summed E-state index contributed by atoms with van der Waals surface area (Å²) in [5, 5.41) is 13.9. The van der Waals surface area contributed by atoms with Crippen LogP contribution in [0.2, 0.25) is 5.02 Å². The van der Waals surface area contributed by atoms with Crippen LogP contribution < -0.4 is 11.1 Å². The van der Waals surface area contributed by atoms with E-state index in [1.165, 1.54) is 0 Å². The monoisotopic (exact) mass is 405 g/mol. The Bertz CT molecular complexity index is 1360. The molecular formula is C22H16ClN3O3. The lowest BCUT2D eigenvalue weighted by Gasteiger charge is -2.11. The van der Waals surface area contributed by atoms with Gasteiger partial charge in [-0.25, -0.2) is 0 Å². The Kier molecular flexibility index (Phi) is 3.87. The predicted molar refractivity (Wildman–Crippen MR) is 113 cm³/mol. The van der Waals surface area contributed by atoms with Crippen molar-refractivity contribution in [2.45, 2.75) is 6.54 Å². The van der Waals surface area contributed by atoms with Crippen LogP contribution in [0.1, 0.15) is 20.7 Å². The van der Waals surface area contributed by atoms with Gasteiger partial charge in [0, 0.05) is 39.1 Å². The van der Waals surface area contributed by atoms with Crippen molar-refractivity contribution >= 4 is 50.9 Å². The average molecular weight is 406 g/mol. The number of nitrogens with zero attached hydrogens (tertiary/aromatic N) is 1. The Hall–Kier alpha value is -3.35. The number of imide groups is 1. The molecule has 29 heavy (non-hydrogen) atoms. The summed E-state index contributed by atoms with van der Waals surface area (Å²) in [5.41, 5.74) is 9.98. The minimum absolute atomic E-state index is 0.0765. The maximum atomic E-state index is 12.8. The van der Waals surface area contributed by atoms with Crippen molar-refractivity contribution < 1.29 is 14.7 Å². The van der Waals surface area contributed by atoms with Crippen molar-refractivity contribution in [3.05, 3.63) is 64.7 Å². The Morgan fingerprint density at radius 3 is 2.48 bits per heavy atom. The number of carbonyl (C=O) groups is 2. The van der Waals surface area contributed by atoms with Crippen LogP contribution in [0.4, 0.5) is 5.69 Å². The fraction of sp³-hybridized carbons (Fsp3) is 0.0909. The molecule has 2 amide bonds. The van der Waals surface area contributed by atoms with Crippen molar-refractivity contribution in [1.29, 1.82) is 0 Å². The first-order chi connectivity index (χ1) is 14.0. The molecule has 5 rings (SSSR count). The van der Waals surface area contributed by atoms with E-state index >= 15 is 0 Å². The first kappa shape index (κ1) is 17.7. The minimum Gasteiger partial charge on any atom is -0.399 e. The number of nitrogen functional groups attached to an aromatic ring is 1. The van der Waals surface area contributed by atoms with Gasteiger partial charge in [0.05, 0.1) is 23.3 Å². The summed E-state index contributed by atoms with van der Waals surface area (Å²) in [7, 11) is 0. The van der Waals surface area contributed by atoms with Gasteiger partial charge in [-0.1, -0.05) is 29.8 Å². The molecule has 4 aromatic rings. The molecule has 1 aliphatic rings. The summed E-state index contributed by atoms with van der Waals surface area (Å²) in [4.78, 5) is 25.5. The number of hydrogen-bond donors (Lipinski definition) is 3. The molecule has 3 aromatic carbocycles. The van der Waals surface area contributed by atoms with Gasteiger partial charge in [0.2, 0.25) is 0 Å². The molecular weight excluding hydrogens is 390 g/mol. The number of rotatable bonds is 3. The second-order valence-corrected chi connectivity index (χ2v) is 7.39. The maximum Gasteiger partial charge on any atom is 0.259 e. The van der Waals surface area contributed by atoms with Crippen molar-refractivity contribution in [1.82, 2.24) is 9.88 Å². The molecule has 6 nitrogen and oxygen atoms in total. The smallest absolute Gasteiger partial charge is 0.259 e. The minimum atomic E-state index is -0.450. The highest BCUT2D eigenvalue weighted by Crippen LogP contribution is 2.42. The van der Waals surface area contributed by atoms with Crippen LogP contribution in [-0.4, -0.2) is 28.1 Å². The molecule has 0 fully saturated rings. The van der Waals surface area contributed by atoms with Gasteiger partial charge < -0.3 is 15.4 Å². The molecule has 2 heterocycles. The third-order valence-electron chi connectivity index (χ3n) is 5.35. The lowest BCUT2D eigenvalue weighted by atomic mass is 9.93. The second-order valence-electron chi connectivity index (χ2n) is 6.98. The zero-order valence-corrected chi connectivity index (χ0v) is 16.0. The van der Waals surface area contributed by atoms with Gasteiger partial charge in [0.25, 0.3) is 11.8 Å². The number of amides is 2. The summed E-state index contributed by atoms with van der Waals surface area (Å²) >= 11 is 6.42. The van der Waals surface area contributed by atoms with Gasteiger partial charge in [-0.3, -0.25) is 14.9 Å². The van der Waals surface area contributed by atoms with Crippen molar-refractivity contribution in [2.24, 2.45) is 0 Å². The van der Waals surface area contributed by atoms with Crippen molar-refractivity contribution in [2.75, 3.05) is 12.3 Å². The Morgan fingerprint density at radius 2 is 1.72 bits per heavy atom. The Morgan fingerprint density at radius 1 is 0.966 bits per heavy atom. The number of carbonyl (C=O) groups excluding carboxylic acids is 2. The quantitative estimate of drug-likeness (QED) is 0.358. The number of anilines is 1. The number of hydrogen-bond acceptors (Lipinski definition) is 4.